The van der Waals surface area contributed by atoms with E-state index in [1.54, 1.807) is 0 Å². The van der Waals surface area contributed by atoms with Crippen LogP contribution in [0.4, 0.5) is 0 Å². The van der Waals surface area contributed by atoms with E-state index in [0.29, 0.717) is 0 Å². The fourth-order valence-corrected chi connectivity index (χ4v) is 6.44. The van der Waals surface area contributed by atoms with Crippen LogP contribution in [0.5, 0.6) is 5.75 Å². The molecule has 1 aromatic rings. The predicted octanol–water partition coefficient (Wildman–Crippen LogP) is 3.54. The number of ether oxygens (including phenoxy) is 1. The molecule has 0 unspecified atom stereocenters. The molecule has 0 amide bonds. The summed E-state index contributed by atoms with van der Waals surface area (Å²) in [4.78, 5) is 0. The van der Waals surface area contributed by atoms with Crippen molar-refractivity contribution in [3.63, 3.8) is 0 Å². The monoisotopic (exact) mass is 438 g/mol. The van der Waals surface area contributed by atoms with Gasteiger partial charge in [-0.25, -0.2) is 0 Å². The molecule has 0 aliphatic carbocycles. The van der Waals surface area contributed by atoms with Gasteiger partial charge in [-0.1, -0.05) is 0 Å². The first-order valence-corrected chi connectivity index (χ1v) is 17.8. The Bertz CT molecular complexity index is 285. The molecule has 0 spiro atoms. The Kier molecular flexibility index (Phi) is 5.27. The Labute approximate surface area is 102 Å². The number of benzene rings is 1. The molecule has 0 atom stereocenters. The van der Waals surface area contributed by atoms with Gasteiger partial charge in [-0.05, 0) is 0 Å². The van der Waals surface area contributed by atoms with Gasteiger partial charge in [-0.2, -0.15) is 0 Å². The molecule has 0 fully saturated rings. The Balaban J connectivity index is 2.82. The van der Waals surface area contributed by atoms with Crippen LogP contribution in [0.25, 0.3) is 0 Å². The summed E-state index contributed by atoms with van der Waals surface area (Å²) in [5.74, 6) is 0.950. The Hall–Kier alpha value is 0.770. The standard InChI is InChI=1S/C10H14Br2OTe/c1-3-13-9-5-7-10(8-6-9)14(11,12)4-2/h5-8H,3-4H2,1-2H3. The Morgan fingerprint density at radius 3 is 2.14 bits per heavy atom. The SMILES string of the molecule is CCOc1ccc([Te](Br)(Br)CC)cc1. The summed E-state index contributed by atoms with van der Waals surface area (Å²) in [5.41, 5.74) is 0. The van der Waals surface area contributed by atoms with Crippen LogP contribution in [0.1, 0.15) is 13.8 Å². The van der Waals surface area contributed by atoms with E-state index in [4.69, 9.17) is 4.74 Å². The maximum atomic E-state index is 5.40. The third kappa shape index (κ3) is 3.41. The number of rotatable bonds is 4. The van der Waals surface area contributed by atoms with Crippen LogP contribution in [0.15, 0.2) is 24.3 Å². The van der Waals surface area contributed by atoms with E-state index in [0.717, 1.165) is 12.4 Å². The Morgan fingerprint density at radius 1 is 1.14 bits per heavy atom. The van der Waals surface area contributed by atoms with Crippen molar-refractivity contribution in [3.8, 4) is 5.75 Å². The van der Waals surface area contributed by atoms with E-state index < -0.39 is 13.8 Å². The molecule has 1 rings (SSSR count). The molecule has 0 aliphatic heterocycles. The molecule has 0 aliphatic rings. The summed E-state index contributed by atoms with van der Waals surface area (Å²) in [7, 11) is 0. The molecular formula is C10H14Br2OTe. The van der Waals surface area contributed by atoms with E-state index in [2.05, 4.69) is 44.6 Å². The average Bonchev–Trinajstić information content (AvgIpc) is 2.19. The Morgan fingerprint density at radius 2 is 1.71 bits per heavy atom. The number of hydrogen-bond acceptors (Lipinski definition) is 1. The van der Waals surface area contributed by atoms with Crippen molar-refractivity contribution in [2.24, 2.45) is 0 Å². The third-order valence-electron chi connectivity index (χ3n) is 1.84. The first kappa shape index (κ1) is 12.8. The van der Waals surface area contributed by atoms with Crippen LogP contribution in [0.2, 0.25) is 4.47 Å². The summed E-state index contributed by atoms with van der Waals surface area (Å²) < 4.78 is 7.98. The van der Waals surface area contributed by atoms with Crippen molar-refractivity contribution >= 4 is 42.9 Å². The van der Waals surface area contributed by atoms with Crippen LogP contribution < -0.4 is 8.35 Å². The molecular weight excluding hydrogens is 424 g/mol. The van der Waals surface area contributed by atoms with Crippen LogP contribution >= 0.6 is 25.5 Å². The van der Waals surface area contributed by atoms with Crippen molar-refractivity contribution < 1.29 is 4.74 Å². The van der Waals surface area contributed by atoms with Gasteiger partial charge in [0.2, 0.25) is 0 Å². The van der Waals surface area contributed by atoms with Crippen molar-refractivity contribution in [1.82, 2.24) is 0 Å². The second-order valence-corrected chi connectivity index (χ2v) is 29.7. The van der Waals surface area contributed by atoms with Gasteiger partial charge in [0.1, 0.15) is 0 Å². The zero-order valence-electron chi connectivity index (χ0n) is 8.30. The van der Waals surface area contributed by atoms with Crippen LogP contribution in [0.3, 0.4) is 0 Å². The van der Waals surface area contributed by atoms with Gasteiger partial charge in [0, 0.05) is 0 Å². The summed E-state index contributed by atoms with van der Waals surface area (Å²) in [6.07, 6.45) is 0. The van der Waals surface area contributed by atoms with Gasteiger partial charge in [0.15, 0.2) is 0 Å². The van der Waals surface area contributed by atoms with Gasteiger partial charge in [0.05, 0.1) is 0 Å². The minimum atomic E-state index is -2.05. The molecule has 1 nitrogen and oxygen atoms in total. The van der Waals surface area contributed by atoms with Crippen molar-refractivity contribution in [3.05, 3.63) is 24.3 Å². The van der Waals surface area contributed by atoms with E-state index >= 15 is 0 Å². The molecule has 0 aromatic heterocycles. The van der Waals surface area contributed by atoms with Gasteiger partial charge in [-0.3, -0.25) is 0 Å². The third-order valence-corrected chi connectivity index (χ3v) is 17.8. The minimum absolute atomic E-state index is 0.725. The van der Waals surface area contributed by atoms with Crippen molar-refractivity contribution in [2.45, 2.75) is 18.3 Å². The zero-order valence-corrected chi connectivity index (χ0v) is 13.8. The van der Waals surface area contributed by atoms with E-state index in [1.807, 2.05) is 19.1 Å². The molecule has 0 bridgehead atoms. The summed E-state index contributed by atoms with van der Waals surface area (Å²) >= 11 is 5.58. The average molecular weight is 438 g/mol. The maximum absolute atomic E-state index is 5.40. The van der Waals surface area contributed by atoms with Crippen LogP contribution in [-0.4, -0.2) is 20.4 Å². The fraction of sp³-hybridized carbons (Fsp3) is 0.400. The van der Waals surface area contributed by atoms with Gasteiger partial charge in [-0.15, -0.1) is 0 Å². The van der Waals surface area contributed by atoms with Crippen LogP contribution in [-0.2, 0) is 0 Å². The molecule has 1 aromatic carbocycles. The van der Waals surface area contributed by atoms with Gasteiger partial charge >= 0.3 is 103 Å². The molecule has 4 heteroatoms. The van der Waals surface area contributed by atoms with Gasteiger partial charge < -0.3 is 0 Å². The van der Waals surface area contributed by atoms with Gasteiger partial charge in [0.25, 0.3) is 0 Å². The fourth-order valence-electron chi connectivity index (χ4n) is 1.07. The first-order valence-electron chi connectivity index (χ1n) is 4.53. The van der Waals surface area contributed by atoms with E-state index in [-0.39, 0.29) is 0 Å². The first-order chi connectivity index (χ1) is 6.60. The molecule has 0 radical (unpaired) electrons. The quantitative estimate of drug-likeness (QED) is 0.655. The number of halogens is 2. The van der Waals surface area contributed by atoms with Crippen molar-refractivity contribution in [2.75, 3.05) is 6.61 Å². The van der Waals surface area contributed by atoms with E-state index in [9.17, 15) is 0 Å². The molecule has 14 heavy (non-hydrogen) atoms. The predicted molar refractivity (Wildman–Crippen MR) is 71.3 cm³/mol. The normalized spacial score (nSPS) is 12.6. The molecule has 80 valence electrons. The van der Waals surface area contributed by atoms with E-state index in [1.165, 1.54) is 8.08 Å². The second-order valence-electron chi connectivity index (χ2n) is 2.77. The molecule has 0 N–H and O–H groups in total. The summed E-state index contributed by atoms with van der Waals surface area (Å²) in [6.45, 7) is 4.93. The van der Waals surface area contributed by atoms with Crippen molar-refractivity contribution in [1.29, 1.82) is 0 Å². The molecule has 0 saturated carbocycles. The zero-order chi connectivity index (χ0) is 10.6. The topological polar surface area (TPSA) is 9.23 Å². The van der Waals surface area contributed by atoms with Crippen LogP contribution in [0, 0.1) is 0 Å². The molecule has 0 saturated heterocycles. The molecule has 0 heterocycles. The summed E-state index contributed by atoms with van der Waals surface area (Å²) in [6, 6.07) is 8.38. The number of hydrogen-bond donors (Lipinski definition) is 0. The second kappa shape index (κ2) is 5.74. The summed E-state index contributed by atoms with van der Waals surface area (Å²) in [5, 5.41) is 0.